The quantitative estimate of drug-likeness (QED) is 0.0307. The summed E-state index contributed by atoms with van der Waals surface area (Å²) in [4.78, 5) is 88.2. The molecular formula is C37H60N7O17P3S. The van der Waals surface area contributed by atoms with Gasteiger partial charge < -0.3 is 50.9 Å². The lowest BCUT2D eigenvalue weighted by molar-refractivity contribution is -0.137. The second-order valence-corrected chi connectivity index (χ2v) is 20.6. The summed E-state index contributed by atoms with van der Waals surface area (Å²) in [5.41, 5.74) is 4.27. The number of aromatic nitrogens is 4. The molecule has 28 heteroatoms. The van der Waals surface area contributed by atoms with Gasteiger partial charge in [-0.1, -0.05) is 69.0 Å². The molecule has 0 aromatic carbocycles. The predicted molar refractivity (Wildman–Crippen MR) is 237 cm³/mol. The minimum absolute atomic E-state index is 0.00602. The molecule has 3 heterocycles. The smallest absolute Gasteiger partial charge is 0.386 e. The monoisotopic (exact) mass is 999 g/mol. The summed E-state index contributed by atoms with van der Waals surface area (Å²) in [6.07, 6.45) is 13.1. The van der Waals surface area contributed by atoms with Gasteiger partial charge in [-0.15, -0.1) is 0 Å². The molecule has 0 saturated carbocycles. The average molecular weight is 1000 g/mol. The van der Waals surface area contributed by atoms with E-state index in [-0.39, 0.29) is 41.6 Å². The minimum atomic E-state index is -5.58. The molecule has 65 heavy (non-hydrogen) atoms. The third kappa shape index (κ3) is 20.3. The van der Waals surface area contributed by atoms with Crippen molar-refractivity contribution in [2.24, 2.45) is 5.41 Å². The number of nitrogens with one attached hydrogen (secondary N) is 2. The van der Waals surface area contributed by atoms with Gasteiger partial charge in [0.15, 0.2) is 22.8 Å². The molecule has 7 unspecified atom stereocenters. The number of aliphatic hydroxyl groups is 2. The number of amides is 2. The third-order valence-corrected chi connectivity index (χ3v) is 13.3. The molecule has 3 rings (SSSR count). The van der Waals surface area contributed by atoms with Crippen molar-refractivity contribution in [3.8, 4) is 0 Å². The van der Waals surface area contributed by atoms with Crippen molar-refractivity contribution in [3.63, 3.8) is 0 Å². The number of ether oxygens (including phenoxy) is 1. The molecule has 0 radical (unpaired) electrons. The number of fused-ring (bicyclic) bond motifs is 1. The van der Waals surface area contributed by atoms with Crippen LogP contribution in [0.2, 0.25) is 0 Å². The molecule has 1 aliphatic rings. The van der Waals surface area contributed by atoms with Gasteiger partial charge in [-0.25, -0.2) is 28.6 Å². The highest BCUT2D eigenvalue weighted by Gasteiger charge is 2.50. The van der Waals surface area contributed by atoms with Crippen LogP contribution in [0.4, 0.5) is 5.82 Å². The van der Waals surface area contributed by atoms with E-state index in [1.165, 1.54) is 20.3 Å². The Morgan fingerprint density at radius 3 is 2.28 bits per heavy atom. The van der Waals surface area contributed by atoms with E-state index < -0.39 is 84.6 Å². The maximum atomic E-state index is 12.7. The summed E-state index contributed by atoms with van der Waals surface area (Å²) < 4.78 is 62.3. The number of nitrogens with two attached hydrogens (primary N) is 1. The number of phosphoric acid groups is 3. The predicted octanol–water partition coefficient (Wildman–Crippen LogP) is 3.47. The number of unbranched alkanes of at least 4 members (excludes halogenated alkanes) is 3. The van der Waals surface area contributed by atoms with Crippen molar-refractivity contribution in [2.75, 3.05) is 37.8 Å². The average Bonchev–Trinajstić information content (AvgIpc) is 3.79. The van der Waals surface area contributed by atoms with E-state index in [9.17, 15) is 57.9 Å². The number of nitrogen functional groups attached to an aromatic ring is 1. The van der Waals surface area contributed by atoms with Gasteiger partial charge in [0, 0.05) is 37.1 Å². The third-order valence-electron chi connectivity index (χ3n) is 9.28. The van der Waals surface area contributed by atoms with Crippen molar-refractivity contribution in [3.05, 3.63) is 49.1 Å². The van der Waals surface area contributed by atoms with Crippen LogP contribution in [0.1, 0.15) is 84.8 Å². The zero-order valence-corrected chi connectivity index (χ0v) is 39.7. The van der Waals surface area contributed by atoms with Gasteiger partial charge >= 0.3 is 23.5 Å². The van der Waals surface area contributed by atoms with Gasteiger partial charge in [0.2, 0.25) is 11.8 Å². The van der Waals surface area contributed by atoms with Crippen LogP contribution < -0.4 is 16.4 Å². The summed E-state index contributed by atoms with van der Waals surface area (Å²) in [5.74, 6) is -1.09. The van der Waals surface area contributed by atoms with Gasteiger partial charge in [0.05, 0.1) is 19.5 Å². The Bertz CT molecular complexity index is 2100. The number of anilines is 1. The molecule has 24 nitrogen and oxygen atoms in total. The number of nitrogens with zero attached hydrogens (tertiary/aromatic N) is 4. The molecule has 0 spiro atoms. The number of allylic oxidation sites excluding steroid dienone is 6. The summed E-state index contributed by atoms with van der Waals surface area (Å²) in [5, 5.41) is 26.5. The van der Waals surface area contributed by atoms with Crippen LogP contribution in [0.3, 0.4) is 0 Å². The number of imidazole rings is 1. The lowest BCUT2D eigenvalue weighted by Gasteiger charge is -2.30. The van der Waals surface area contributed by atoms with E-state index in [4.69, 9.17) is 19.5 Å². The Labute approximate surface area is 380 Å². The number of thioether (sulfide) groups is 1. The van der Waals surface area contributed by atoms with Crippen LogP contribution in [0.5, 0.6) is 0 Å². The van der Waals surface area contributed by atoms with Gasteiger partial charge in [-0.3, -0.25) is 32.5 Å². The van der Waals surface area contributed by atoms with Gasteiger partial charge in [0.25, 0.3) is 0 Å². The van der Waals surface area contributed by atoms with E-state index in [1.807, 2.05) is 12.2 Å². The molecule has 1 saturated heterocycles. The SMILES string of the molecule is CC/C=C/CCCC/C=C/C/C=C/CCC(=O)SCCNC(=O)CCNC(=O)C(O)C(C)(C)COP(=O)(O)OP(=O)(O)OCC1OC(n2cnc3c(N)ncnc32)C(O)C1OP(=O)(O)O. The number of rotatable bonds is 30. The van der Waals surface area contributed by atoms with Crippen LogP contribution in [-0.2, 0) is 50.7 Å². The standard InChI is InChI=1S/C37H60N7O17P3S/c1-4-5-6-7-8-9-10-11-12-13-14-15-16-17-28(46)65-21-20-39-27(45)18-19-40-35(49)32(48)37(2,3)23-58-64(55,56)61-63(53,54)57-22-26-31(60-62(50,51)52)30(47)36(59-26)44-25-43-29-33(38)41-24-42-34(29)44/h5-6,11-12,14-15,24-26,30-32,36,47-48H,4,7-10,13,16-23H2,1-3H3,(H,39,45)(H,40,49)(H,53,54)(H,55,56)(H2,38,41,42)(H2,50,51,52)/b6-5+,12-11+,15-14+. The minimum Gasteiger partial charge on any atom is -0.386 e. The van der Waals surface area contributed by atoms with Crippen molar-refractivity contribution >= 4 is 69.1 Å². The highest BCUT2D eigenvalue weighted by Crippen LogP contribution is 2.61. The molecule has 366 valence electrons. The lowest BCUT2D eigenvalue weighted by atomic mass is 9.87. The first kappa shape index (κ1) is 56.1. The number of phosphoric ester groups is 3. The molecule has 2 aromatic heterocycles. The Balaban J connectivity index is 1.35. The molecule has 0 bridgehead atoms. The summed E-state index contributed by atoms with van der Waals surface area (Å²) in [7, 11) is -16.4. The van der Waals surface area contributed by atoms with E-state index in [1.54, 1.807) is 0 Å². The molecule has 2 amide bonds. The largest absolute Gasteiger partial charge is 0.481 e. The Hall–Kier alpha value is -3.22. The number of carbonyl (C=O) groups excluding carboxylic acids is 3. The molecule has 10 N–H and O–H groups in total. The fourth-order valence-electron chi connectivity index (χ4n) is 5.88. The van der Waals surface area contributed by atoms with Gasteiger partial charge in [0.1, 0.15) is 36.3 Å². The zero-order chi connectivity index (χ0) is 48.3. The first-order chi connectivity index (χ1) is 30.6. The first-order valence-corrected chi connectivity index (χ1v) is 26.1. The fraction of sp³-hybridized carbons (Fsp3) is 0.622. The van der Waals surface area contributed by atoms with E-state index in [0.717, 1.165) is 61.1 Å². The van der Waals surface area contributed by atoms with Crippen LogP contribution in [0.15, 0.2) is 49.1 Å². The van der Waals surface area contributed by atoms with Crippen molar-refractivity contribution in [2.45, 2.75) is 109 Å². The van der Waals surface area contributed by atoms with E-state index >= 15 is 0 Å². The van der Waals surface area contributed by atoms with Gasteiger partial charge in [-0.2, -0.15) is 4.31 Å². The number of hydrogen-bond acceptors (Lipinski definition) is 18. The second kappa shape index (κ2) is 26.9. The zero-order valence-electron chi connectivity index (χ0n) is 36.2. The molecular weight excluding hydrogens is 939 g/mol. The number of aliphatic hydroxyl groups excluding tert-OH is 2. The molecule has 2 aromatic rings. The lowest BCUT2D eigenvalue weighted by Crippen LogP contribution is -2.46. The maximum Gasteiger partial charge on any atom is 0.481 e. The normalized spacial score (nSPS) is 20.7. The number of carbonyl (C=O) groups is 3. The van der Waals surface area contributed by atoms with Crippen LogP contribution in [0, 0.1) is 5.41 Å². The highest BCUT2D eigenvalue weighted by atomic mass is 32.2. The first-order valence-electron chi connectivity index (χ1n) is 20.6. The van der Waals surface area contributed by atoms with Crippen LogP contribution in [0.25, 0.3) is 11.2 Å². The molecule has 0 aliphatic carbocycles. The van der Waals surface area contributed by atoms with Crippen molar-refractivity contribution in [1.82, 2.24) is 30.2 Å². The van der Waals surface area contributed by atoms with Crippen molar-refractivity contribution < 1.29 is 80.5 Å². The van der Waals surface area contributed by atoms with E-state index in [2.05, 4.69) is 65.6 Å². The Morgan fingerprint density at radius 1 is 0.938 bits per heavy atom. The molecule has 1 aliphatic heterocycles. The second-order valence-electron chi connectivity index (χ2n) is 15.2. The fourth-order valence-corrected chi connectivity index (χ4v) is 9.41. The maximum absolute atomic E-state index is 12.7. The Morgan fingerprint density at radius 2 is 1.60 bits per heavy atom. The van der Waals surface area contributed by atoms with Gasteiger partial charge in [-0.05, 0) is 44.9 Å². The molecule has 7 atom stereocenters. The van der Waals surface area contributed by atoms with Crippen LogP contribution in [-0.4, -0.2) is 123 Å². The van der Waals surface area contributed by atoms with E-state index in [0.29, 0.717) is 18.6 Å². The summed E-state index contributed by atoms with van der Waals surface area (Å²) >= 11 is 1.10. The molecule has 1 fully saturated rings. The highest BCUT2D eigenvalue weighted by molar-refractivity contribution is 8.13. The van der Waals surface area contributed by atoms with Crippen LogP contribution >= 0.6 is 35.2 Å². The Kier molecular flexibility index (Phi) is 23.3. The summed E-state index contributed by atoms with van der Waals surface area (Å²) in [6.45, 7) is 2.63. The summed E-state index contributed by atoms with van der Waals surface area (Å²) in [6, 6.07) is 0. The number of hydrogen-bond donors (Lipinski definition) is 9. The van der Waals surface area contributed by atoms with Crippen molar-refractivity contribution in [1.29, 1.82) is 0 Å². The topological polar surface area (TPSA) is 364 Å².